The van der Waals surface area contributed by atoms with Crippen LogP contribution in [0.1, 0.15) is 23.0 Å². The minimum absolute atomic E-state index is 0.678. The van der Waals surface area contributed by atoms with E-state index in [1.54, 1.807) is 0 Å². The zero-order chi connectivity index (χ0) is 11.0. The Labute approximate surface area is 88.7 Å². The van der Waals surface area contributed by atoms with E-state index in [1.807, 2.05) is 37.1 Å². The summed E-state index contributed by atoms with van der Waals surface area (Å²) in [6, 6.07) is 2.06. The van der Waals surface area contributed by atoms with Crippen molar-refractivity contribution in [2.45, 2.75) is 27.3 Å². The molecule has 80 valence electrons. The first-order valence-corrected chi connectivity index (χ1v) is 4.94. The lowest BCUT2D eigenvalue weighted by Crippen LogP contribution is -2.09. The van der Waals surface area contributed by atoms with E-state index < -0.39 is 0 Å². The minimum Gasteiger partial charge on any atom is -0.317 e. The molecule has 5 heteroatoms. The SMILES string of the molecule is Cc1cc(C)n(Cc2nnc(C)n2C)n1. The second-order valence-electron chi connectivity index (χ2n) is 3.81. The van der Waals surface area contributed by atoms with E-state index in [9.17, 15) is 0 Å². The molecule has 5 nitrogen and oxygen atoms in total. The maximum Gasteiger partial charge on any atom is 0.154 e. The van der Waals surface area contributed by atoms with Crippen molar-refractivity contribution in [1.29, 1.82) is 0 Å². The summed E-state index contributed by atoms with van der Waals surface area (Å²) >= 11 is 0. The third kappa shape index (κ3) is 1.77. The van der Waals surface area contributed by atoms with Gasteiger partial charge in [-0.05, 0) is 26.8 Å². The second kappa shape index (κ2) is 3.49. The maximum atomic E-state index is 4.39. The van der Waals surface area contributed by atoms with Crippen LogP contribution in [0, 0.1) is 20.8 Å². The van der Waals surface area contributed by atoms with Gasteiger partial charge in [0.2, 0.25) is 0 Å². The van der Waals surface area contributed by atoms with Crippen molar-refractivity contribution in [3.63, 3.8) is 0 Å². The molecule has 2 heterocycles. The van der Waals surface area contributed by atoms with Gasteiger partial charge in [0.1, 0.15) is 12.4 Å². The second-order valence-corrected chi connectivity index (χ2v) is 3.81. The number of aryl methyl sites for hydroxylation is 3. The average molecular weight is 205 g/mol. The summed E-state index contributed by atoms with van der Waals surface area (Å²) in [5.41, 5.74) is 2.18. The van der Waals surface area contributed by atoms with Crippen molar-refractivity contribution in [3.8, 4) is 0 Å². The van der Waals surface area contributed by atoms with Gasteiger partial charge in [-0.2, -0.15) is 5.10 Å². The van der Waals surface area contributed by atoms with Gasteiger partial charge in [-0.1, -0.05) is 0 Å². The predicted molar refractivity (Wildman–Crippen MR) is 56.5 cm³/mol. The van der Waals surface area contributed by atoms with Gasteiger partial charge in [0.15, 0.2) is 5.82 Å². The van der Waals surface area contributed by atoms with Crippen LogP contribution in [-0.2, 0) is 13.6 Å². The topological polar surface area (TPSA) is 48.5 Å². The molecule has 0 aromatic carbocycles. The molecule has 15 heavy (non-hydrogen) atoms. The smallest absolute Gasteiger partial charge is 0.154 e. The van der Waals surface area contributed by atoms with E-state index in [2.05, 4.69) is 21.4 Å². The summed E-state index contributed by atoms with van der Waals surface area (Å²) < 4.78 is 3.93. The molecule has 0 aliphatic rings. The molecule has 0 saturated heterocycles. The highest BCUT2D eigenvalue weighted by Gasteiger charge is 2.08. The van der Waals surface area contributed by atoms with E-state index in [0.29, 0.717) is 6.54 Å². The Morgan fingerprint density at radius 2 is 1.93 bits per heavy atom. The first-order chi connectivity index (χ1) is 7.08. The van der Waals surface area contributed by atoms with E-state index in [0.717, 1.165) is 23.0 Å². The summed E-state index contributed by atoms with van der Waals surface area (Å²) in [6.45, 7) is 6.66. The van der Waals surface area contributed by atoms with Crippen LogP contribution in [0.15, 0.2) is 6.07 Å². The number of rotatable bonds is 2. The fraction of sp³-hybridized carbons (Fsp3) is 0.500. The highest BCUT2D eigenvalue weighted by atomic mass is 15.3. The van der Waals surface area contributed by atoms with Crippen LogP contribution < -0.4 is 0 Å². The van der Waals surface area contributed by atoms with Crippen LogP contribution in [-0.4, -0.2) is 24.5 Å². The van der Waals surface area contributed by atoms with Crippen molar-refractivity contribution >= 4 is 0 Å². The van der Waals surface area contributed by atoms with Crippen molar-refractivity contribution in [1.82, 2.24) is 24.5 Å². The summed E-state index contributed by atoms with van der Waals surface area (Å²) in [4.78, 5) is 0. The van der Waals surface area contributed by atoms with Crippen LogP contribution in [0.3, 0.4) is 0 Å². The zero-order valence-corrected chi connectivity index (χ0v) is 9.52. The van der Waals surface area contributed by atoms with Crippen molar-refractivity contribution in [2.24, 2.45) is 7.05 Å². The molecule has 0 radical (unpaired) electrons. The molecule has 2 aromatic heterocycles. The van der Waals surface area contributed by atoms with E-state index >= 15 is 0 Å². The highest BCUT2D eigenvalue weighted by molar-refractivity contribution is 5.08. The lowest BCUT2D eigenvalue weighted by atomic mass is 10.4. The Kier molecular flexibility index (Phi) is 2.30. The van der Waals surface area contributed by atoms with Gasteiger partial charge in [0.25, 0.3) is 0 Å². The molecule has 0 N–H and O–H groups in total. The van der Waals surface area contributed by atoms with E-state index in [4.69, 9.17) is 0 Å². The standard InChI is InChI=1S/C10H15N5/c1-7-5-8(2)15(13-7)6-10-12-11-9(3)14(10)4/h5H,6H2,1-4H3. The molecule has 0 atom stereocenters. The van der Waals surface area contributed by atoms with Crippen molar-refractivity contribution < 1.29 is 0 Å². The predicted octanol–water partition coefficient (Wildman–Crippen LogP) is 0.985. The molecular formula is C10H15N5. The molecule has 0 unspecified atom stereocenters. The van der Waals surface area contributed by atoms with Crippen LogP contribution in [0.5, 0.6) is 0 Å². The Morgan fingerprint density at radius 1 is 1.20 bits per heavy atom. The number of aromatic nitrogens is 5. The molecule has 0 saturated carbocycles. The monoisotopic (exact) mass is 205 g/mol. The third-order valence-electron chi connectivity index (χ3n) is 2.58. The largest absolute Gasteiger partial charge is 0.317 e. The lowest BCUT2D eigenvalue weighted by Gasteiger charge is -2.03. The van der Waals surface area contributed by atoms with Crippen LogP contribution in [0.25, 0.3) is 0 Å². The normalized spacial score (nSPS) is 10.9. The van der Waals surface area contributed by atoms with Crippen LogP contribution in [0.2, 0.25) is 0 Å². The van der Waals surface area contributed by atoms with Gasteiger partial charge in [-0.3, -0.25) is 4.68 Å². The van der Waals surface area contributed by atoms with Crippen LogP contribution >= 0.6 is 0 Å². The quantitative estimate of drug-likeness (QED) is 0.734. The Morgan fingerprint density at radius 3 is 2.40 bits per heavy atom. The molecule has 0 amide bonds. The fourth-order valence-corrected chi connectivity index (χ4v) is 1.56. The fourth-order valence-electron chi connectivity index (χ4n) is 1.56. The van der Waals surface area contributed by atoms with E-state index in [1.165, 1.54) is 0 Å². The number of hydrogen-bond acceptors (Lipinski definition) is 3. The van der Waals surface area contributed by atoms with Gasteiger partial charge < -0.3 is 4.57 Å². The van der Waals surface area contributed by atoms with Gasteiger partial charge in [-0.25, -0.2) is 0 Å². The van der Waals surface area contributed by atoms with Gasteiger partial charge in [0, 0.05) is 12.7 Å². The molecular weight excluding hydrogens is 190 g/mol. The van der Waals surface area contributed by atoms with Gasteiger partial charge in [-0.15, -0.1) is 10.2 Å². The summed E-state index contributed by atoms with van der Waals surface area (Å²) in [5.74, 6) is 1.85. The van der Waals surface area contributed by atoms with Crippen LogP contribution in [0.4, 0.5) is 0 Å². The molecule has 0 spiro atoms. The summed E-state index contributed by atoms with van der Waals surface area (Å²) in [7, 11) is 1.97. The summed E-state index contributed by atoms with van der Waals surface area (Å²) in [6.07, 6.45) is 0. The average Bonchev–Trinajstić information content (AvgIpc) is 2.64. The molecule has 0 bridgehead atoms. The Hall–Kier alpha value is -1.65. The first-order valence-electron chi connectivity index (χ1n) is 4.94. The van der Waals surface area contributed by atoms with Gasteiger partial charge in [0.05, 0.1) is 5.69 Å². The number of nitrogens with zero attached hydrogens (tertiary/aromatic N) is 5. The lowest BCUT2D eigenvalue weighted by molar-refractivity contribution is 0.608. The molecule has 0 fully saturated rings. The van der Waals surface area contributed by atoms with Crippen molar-refractivity contribution in [2.75, 3.05) is 0 Å². The zero-order valence-electron chi connectivity index (χ0n) is 9.52. The molecule has 0 aliphatic carbocycles. The molecule has 0 aliphatic heterocycles. The van der Waals surface area contributed by atoms with Gasteiger partial charge >= 0.3 is 0 Å². The minimum atomic E-state index is 0.678. The Bertz CT molecular complexity index is 480. The molecule has 2 rings (SSSR count). The molecule has 2 aromatic rings. The Balaban J connectivity index is 2.29. The van der Waals surface area contributed by atoms with Crippen molar-refractivity contribution in [3.05, 3.63) is 29.1 Å². The van der Waals surface area contributed by atoms with E-state index in [-0.39, 0.29) is 0 Å². The summed E-state index contributed by atoms with van der Waals surface area (Å²) in [5, 5.41) is 12.5. The third-order valence-corrected chi connectivity index (χ3v) is 2.58. The number of hydrogen-bond donors (Lipinski definition) is 0. The maximum absolute atomic E-state index is 4.39. The highest BCUT2D eigenvalue weighted by Crippen LogP contribution is 2.05. The first kappa shape index (κ1) is 9.89.